The number of carbonyl (C=O) groups excluding carboxylic acids is 2. The predicted octanol–water partition coefficient (Wildman–Crippen LogP) is 2.33. The molecule has 0 unspecified atom stereocenters. The van der Waals surface area contributed by atoms with Crippen LogP contribution in [0.3, 0.4) is 0 Å². The molecule has 0 atom stereocenters. The van der Waals surface area contributed by atoms with Crippen LogP contribution < -0.4 is 5.32 Å². The molecule has 0 spiro atoms. The molecule has 1 saturated heterocycles. The van der Waals surface area contributed by atoms with Crippen molar-refractivity contribution < 1.29 is 27.1 Å². The molecule has 2 aromatic carbocycles. The molecule has 9 heteroatoms. The molecule has 0 aliphatic carbocycles. The van der Waals surface area contributed by atoms with E-state index < -0.39 is 34.3 Å². The van der Waals surface area contributed by atoms with E-state index in [0.717, 1.165) is 12.8 Å². The monoisotopic (exact) mass is 420 g/mol. The van der Waals surface area contributed by atoms with Gasteiger partial charge in [-0.2, -0.15) is 4.31 Å². The molecular formula is C20H21FN2O5S. The highest BCUT2D eigenvalue weighted by Gasteiger charge is 2.26. The zero-order chi connectivity index (χ0) is 20.9. The van der Waals surface area contributed by atoms with E-state index in [1.54, 1.807) is 6.07 Å². The maximum absolute atomic E-state index is 13.1. The van der Waals surface area contributed by atoms with Gasteiger partial charge in [0.15, 0.2) is 6.61 Å². The first-order valence-corrected chi connectivity index (χ1v) is 10.6. The van der Waals surface area contributed by atoms with Gasteiger partial charge in [-0.3, -0.25) is 9.59 Å². The highest BCUT2D eigenvalue weighted by Crippen LogP contribution is 2.22. The van der Waals surface area contributed by atoms with Crippen molar-refractivity contribution in [3.8, 4) is 0 Å². The molecule has 29 heavy (non-hydrogen) atoms. The number of rotatable bonds is 7. The second-order valence-electron chi connectivity index (χ2n) is 6.65. The first-order chi connectivity index (χ1) is 13.8. The third-order valence-electron chi connectivity index (χ3n) is 4.44. The van der Waals surface area contributed by atoms with Crippen LogP contribution in [0.15, 0.2) is 53.4 Å². The highest BCUT2D eigenvalue weighted by molar-refractivity contribution is 7.89. The molecule has 0 aromatic heterocycles. The molecule has 7 nitrogen and oxygen atoms in total. The van der Waals surface area contributed by atoms with Crippen LogP contribution in [0.4, 0.5) is 10.1 Å². The number of ether oxygens (including phenoxy) is 1. The normalized spacial score (nSPS) is 14.5. The third kappa shape index (κ3) is 5.61. The maximum atomic E-state index is 13.1. The molecule has 1 fully saturated rings. The molecule has 1 heterocycles. The Kier molecular flexibility index (Phi) is 6.60. The Balaban J connectivity index is 1.49. The van der Waals surface area contributed by atoms with E-state index in [1.165, 1.54) is 46.8 Å². The molecule has 1 aliphatic rings. The lowest BCUT2D eigenvalue weighted by Gasteiger charge is -2.15. The molecule has 0 saturated carbocycles. The Hall–Kier alpha value is -2.78. The first kappa shape index (κ1) is 20.9. The first-order valence-electron chi connectivity index (χ1n) is 9.15. The van der Waals surface area contributed by atoms with Gasteiger partial charge in [0.05, 0.1) is 11.3 Å². The number of esters is 1. The summed E-state index contributed by atoms with van der Waals surface area (Å²) in [5.41, 5.74) is 0.835. The number of anilines is 1. The summed E-state index contributed by atoms with van der Waals surface area (Å²) < 4.78 is 44.4. The Morgan fingerprint density at radius 3 is 2.41 bits per heavy atom. The summed E-state index contributed by atoms with van der Waals surface area (Å²) in [5.74, 6) is -1.67. The van der Waals surface area contributed by atoms with E-state index in [0.29, 0.717) is 24.3 Å². The van der Waals surface area contributed by atoms with Crippen LogP contribution in [0.5, 0.6) is 0 Å². The second-order valence-corrected chi connectivity index (χ2v) is 8.59. The lowest BCUT2D eigenvalue weighted by atomic mass is 10.1. The minimum absolute atomic E-state index is 0.145. The number of benzene rings is 2. The van der Waals surface area contributed by atoms with Crippen molar-refractivity contribution in [3.05, 3.63) is 59.9 Å². The fraction of sp³-hybridized carbons (Fsp3) is 0.300. The standard InChI is InChI=1S/C20H21FN2O5S/c21-16-5-3-4-15(12-16)13-20(25)28-14-19(24)22-17-6-8-18(9-7-17)29(26,27)23-10-1-2-11-23/h3-9,12H,1-2,10-11,13-14H2,(H,22,24). The third-order valence-corrected chi connectivity index (χ3v) is 6.36. The van der Waals surface area contributed by atoms with Crippen molar-refractivity contribution in [1.82, 2.24) is 4.31 Å². The number of hydrogen-bond acceptors (Lipinski definition) is 5. The largest absolute Gasteiger partial charge is 0.455 e. The number of nitrogens with zero attached hydrogens (tertiary/aromatic N) is 1. The van der Waals surface area contributed by atoms with Crippen molar-refractivity contribution in [1.29, 1.82) is 0 Å². The minimum atomic E-state index is -3.51. The van der Waals surface area contributed by atoms with Crippen LogP contribution >= 0.6 is 0 Å². The summed E-state index contributed by atoms with van der Waals surface area (Å²) in [6, 6.07) is 11.4. The average molecular weight is 420 g/mol. The van der Waals surface area contributed by atoms with Crippen molar-refractivity contribution in [2.45, 2.75) is 24.2 Å². The quantitative estimate of drug-likeness (QED) is 0.694. The van der Waals surface area contributed by atoms with Gasteiger partial charge < -0.3 is 10.1 Å². The molecule has 2 aromatic rings. The number of nitrogens with one attached hydrogen (secondary N) is 1. The number of halogens is 1. The Morgan fingerprint density at radius 1 is 1.07 bits per heavy atom. The number of carbonyl (C=O) groups is 2. The van der Waals surface area contributed by atoms with Crippen LogP contribution in [-0.2, 0) is 30.8 Å². The van der Waals surface area contributed by atoms with Crippen molar-refractivity contribution >= 4 is 27.6 Å². The fourth-order valence-corrected chi connectivity index (χ4v) is 4.51. The molecule has 0 bridgehead atoms. The SMILES string of the molecule is O=C(COC(=O)Cc1cccc(F)c1)Nc1ccc(S(=O)(=O)N2CCCC2)cc1. The van der Waals surface area contributed by atoms with Crippen LogP contribution in [0.1, 0.15) is 18.4 Å². The van der Waals surface area contributed by atoms with Crippen LogP contribution in [0, 0.1) is 5.82 Å². The minimum Gasteiger partial charge on any atom is -0.455 e. The van der Waals surface area contributed by atoms with Crippen molar-refractivity contribution in [2.75, 3.05) is 25.0 Å². The molecule has 3 rings (SSSR count). The van der Waals surface area contributed by atoms with Gasteiger partial charge in [-0.15, -0.1) is 0 Å². The van der Waals surface area contributed by atoms with Crippen molar-refractivity contribution in [3.63, 3.8) is 0 Å². The number of hydrogen-bond donors (Lipinski definition) is 1. The number of amides is 1. The molecule has 0 radical (unpaired) electrons. The van der Waals surface area contributed by atoms with Gasteiger partial charge in [0.25, 0.3) is 5.91 Å². The fourth-order valence-electron chi connectivity index (χ4n) is 3.00. The molecule has 1 amide bonds. The van der Waals surface area contributed by atoms with Gasteiger partial charge in [-0.1, -0.05) is 12.1 Å². The summed E-state index contributed by atoms with van der Waals surface area (Å²) in [6.45, 7) is 0.533. The zero-order valence-corrected chi connectivity index (χ0v) is 16.5. The van der Waals surface area contributed by atoms with Gasteiger partial charge in [-0.25, -0.2) is 12.8 Å². The van der Waals surface area contributed by atoms with E-state index in [9.17, 15) is 22.4 Å². The highest BCUT2D eigenvalue weighted by atomic mass is 32.2. The average Bonchev–Trinajstić information content (AvgIpc) is 3.23. The van der Waals surface area contributed by atoms with Crippen molar-refractivity contribution in [2.24, 2.45) is 0 Å². The van der Waals surface area contributed by atoms with Crippen LogP contribution in [0.25, 0.3) is 0 Å². The summed E-state index contributed by atoms with van der Waals surface area (Å²) in [4.78, 5) is 23.9. The second kappa shape index (κ2) is 9.15. The van der Waals surface area contributed by atoms with E-state index >= 15 is 0 Å². The van der Waals surface area contributed by atoms with Gasteiger partial charge in [0, 0.05) is 18.8 Å². The van der Waals surface area contributed by atoms with E-state index in [1.807, 2.05) is 0 Å². The van der Waals surface area contributed by atoms with Crippen LogP contribution in [0.2, 0.25) is 0 Å². The Morgan fingerprint density at radius 2 is 1.76 bits per heavy atom. The van der Waals surface area contributed by atoms with E-state index in [-0.39, 0.29) is 11.3 Å². The predicted molar refractivity (Wildman–Crippen MR) is 104 cm³/mol. The lowest BCUT2D eigenvalue weighted by Crippen LogP contribution is -2.27. The van der Waals surface area contributed by atoms with Gasteiger partial charge in [0.2, 0.25) is 10.0 Å². The Labute approximate surface area is 168 Å². The maximum Gasteiger partial charge on any atom is 0.310 e. The molecule has 1 N–H and O–H groups in total. The smallest absolute Gasteiger partial charge is 0.310 e. The summed E-state index contributed by atoms with van der Waals surface area (Å²) in [6.07, 6.45) is 1.56. The summed E-state index contributed by atoms with van der Waals surface area (Å²) >= 11 is 0. The zero-order valence-electron chi connectivity index (χ0n) is 15.6. The van der Waals surface area contributed by atoms with Gasteiger partial charge in [0.1, 0.15) is 5.82 Å². The topological polar surface area (TPSA) is 92.8 Å². The van der Waals surface area contributed by atoms with E-state index in [2.05, 4.69) is 5.32 Å². The summed E-state index contributed by atoms with van der Waals surface area (Å²) in [7, 11) is -3.51. The molecular weight excluding hydrogens is 399 g/mol. The number of sulfonamides is 1. The van der Waals surface area contributed by atoms with Gasteiger partial charge in [-0.05, 0) is 54.8 Å². The summed E-state index contributed by atoms with van der Waals surface area (Å²) in [5, 5.41) is 2.53. The molecule has 1 aliphatic heterocycles. The Bertz CT molecular complexity index is 986. The van der Waals surface area contributed by atoms with Gasteiger partial charge >= 0.3 is 5.97 Å². The van der Waals surface area contributed by atoms with Crippen LogP contribution in [-0.4, -0.2) is 44.3 Å². The van der Waals surface area contributed by atoms with E-state index in [4.69, 9.17) is 4.74 Å². The molecule has 154 valence electrons. The lowest BCUT2D eigenvalue weighted by molar-refractivity contribution is -0.146.